The number of amides is 1. The van der Waals surface area contributed by atoms with E-state index in [2.05, 4.69) is 16.4 Å². The van der Waals surface area contributed by atoms with Gasteiger partial charge < -0.3 is 14.5 Å². The molecule has 1 N–H and O–H groups in total. The number of aryl methyl sites for hydroxylation is 1. The normalized spacial score (nSPS) is 10.5. The number of carbonyl (C=O) groups is 2. The average Bonchev–Trinajstić information content (AvgIpc) is 3.35. The first-order valence-electron chi connectivity index (χ1n) is 10.6. The molecular formula is C26H22N4O4. The maximum absolute atomic E-state index is 12.7. The number of anilines is 1. The summed E-state index contributed by atoms with van der Waals surface area (Å²) >= 11 is 0. The van der Waals surface area contributed by atoms with Crippen LogP contribution in [-0.2, 0) is 9.53 Å². The van der Waals surface area contributed by atoms with Gasteiger partial charge in [0.2, 0.25) is 5.89 Å². The third-order valence-electron chi connectivity index (χ3n) is 5.44. The van der Waals surface area contributed by atoms with Gasteiger partial charge in [0.05, 0.1) is 5.56 Å². The number of carbonyl (C=O) groups excluding carboxylic acids is 2. The van der Waals surface area contributed by atoms with E-state index in [0.717, 1.165) is 22.5 Å². The second kappa shape index (κ2) is 9.46. The minimum absolute atomic E-state index is 0.00344. The van der Waals surface area contributed by atoms with Crippen molar-refractivity contribution in [3.8, 4) is 23.2 Å². The van der Waals surface area contributed by atoms with Crippen molar-refractivity contribution in [3.63, 3.8) is 0 Å². The van der Waals surface area contributed by atoms with Crippen LogP contribution in [0.2, 0.25) is 0 Å². The van der Waals surface area contributed by atoms with Crippen LogP contribution in [0, 0.1) is 32.1 Å². The van der Waals surface area contributed by atoms with Crippen LogP contribution in [0.25, 0.3) is 17.1 Å². The number of para-hydroxylation sites is 1. The van der Waals surface area contributed by atoms with Gasteiger partial charge >= 0.3 is 5.97 Å². The molecule has 0 saturated heterocycles. The molecule has 2 aromatic heterocycles. The first-order chi connectivity index (χ1) is 16.4. The summed E-state index contributed by atoms with van der Waals surface area (Å²) in [5, 5.41) is 12.4. The molecule has 0 aliphatic rings. The van der Waals surface area contributed by atoms with Crippen molar-refractivity contribution in [2.45, 2.75) is 20.8 Å². The zero-order valence-electron chi connectivity index (χ0n) is 19.0. The van der Waals surface area contributed by atoms with Crippen LogP contribution in [0.3, 0.4) is 0 Å². The van der Waals surface area contributed by atoms with Gasteiger partial charge in [-0.2, -0.15) is 5.26 Å². The maximum Gasteiger partial charge on any atom is 0.361 e. The van der Waals surface area contributed by atoms with Gasteiger partial charge in [0, 0.05) is 16.9 Å². The Hall–Kier alpha value is -4.64. The van der Waals surface area contributed by atoms with Crippen molar-refractivity contribution in [2.75, 3.05) is 11.9 Å². The fourth-order valence-electron chi connectivity index (χ4n) is 3.62. The quantitative estimate of drug-likeness (QED) is 0.422. The topological polar surface area (TPSA) is 110 Å². The molecule has 8 heteroatoms. The first-order valence-corrected chi connectivity index (χ1v) is 10.6. The molecule has 0 aliphatic carbocycles. The molecule has 1 amide bonds. The van der Waals surface area contributed by atoms with E-state index in [-0.39, 0.29) is 5.69 Å². The number of rotatable bonds is 6. The highest BCUT2D eigenvalue weighted by Gasteiger charge is 2.23. The SMILES string of the molecule is Cc1oc(-c2ccccc2)nc1C(=O)OCC(=O)Nc1c(C#N)c(C)c(C)n1-c1ccccc1. The van der Waals surface area contributed by atoms with Gasteiger partial charge in [-0.1, -0.05) is 36.4 Å². The maximum atomic E-state index is 12.7. The lowest BCUT2D eigenvalue weighted by atomic mass is 10.2. The highest BCUT2D eigenvalue weighted by Crippen LogP contribution is 2.30. The van der Waals surface area contributed by atoms with E-state index in [0.29, 0.717) is 23.0 Å². The van der Waals surface area contributed by atoms with Crippen LogP contribution >= 0.6 is 0 Å². The predicted molar refractivity (Wildman–Crippen MR) is 126 cm³/mol. The molecule has 0 fully saturated rings. The van der Waals surface area contributed by atoms with E-state index in [1.54, 1.807) is 11.5 Å². The van der Waals surface area contributed by atoms with Gasteiger partial charge in [0.25, 0.3) is 5.91 Å². The minimum Gasteiger partial charge on any atom is -0.451 e. The molecule has 0 spiro atoms. The van der Waals surface area contributed by atoms with Crippen molar-refractivity contribution in [1.29, 1.82) is 5.26 Å². The van der Waals surface area contributed by atoms with Crippen molar-refractivity contribution in [1.82, 2.24) is 9.55 Å². The smallest absolute Gasteiger partial charge is 0.361 e. The Labute approximate surface area is 196 Å². The van der Waals surface area contributed by atoms with Gasteiger partial charge in [-0.15, -0.1) is 0 Å². The summed E-state index contributed by atoms with van der Waals surface area (Å²) in [7, 11) is 0. The molecule has 0 atom stereocenters. The predicted octanol–water partition coefficient (Wildman–Crippen LogP) is 4.72. The number of benzene rings is 2. The zero-order chi connectivity index (χ0) is 24.2. The molecule has 34 heavy (non-hydrogen) atoms. The second-order valence-corrected chi connectivity index (χ2v) is 7.63. The Bertz CT molecular complexity index is 1400. The molecule has 2 aromatic carbocycles. The van der Waals surface area contributed by atoms with E-state index in [1.165, 1.54) is 0 Å². The molecule has 0 radical (unpaired) electrons. The minimum atomic E-state index is -0.773. The number of nitrogens with one attached hydrogen (secondary N) is 1. The number of ether oxygens (including phenoxy) is 1. The van der Waals surface area contributed by atoms with Crippen molar-refractivity contribution in [3.05, 3.63) is 88.9 Å². The Morgan fingerprint density at radius 3 is 2.35 bits per heavy atom. The molecule has 2 heterocycles. The monoisotopic (exact) mass is 454 g/mol. The summed E-state index contributed by atoms with van der Waals surface area (Å²) in [6.07, 6.45) is 0. The summed E-state index contributed by atoms with van der Waals surface area (Å²) in [6.45, 7) is 4.75. The van der Waals surface area contributed by atoms with Crippen molar-refractivity contribution < 1.29 is 18.7 Å². The molecule has 170 valence electrons. The molecule has 8 nitrogen and oxygen atoms in total. The van der Waals surface area contributed by atoms with E-state index in [1.807, 2.05) is 74.5 Å². The lowest BCUT2D eigenvalue weighted by Gasteiger charge is -2.13. The van der Waals surface area contributed by atoms with E-state index < -0.39 is 18.5 Å². The number of aromatic nitrogens is 2. The van der Waals surface area contributed by atoms with Gasteiger partial charge in [0.15, 0.2) is 12.3 Å². The standard InChI is InChI=1S/C26H22N4O4/c1-16-17(2)30(20-12-8-5-9-13-20)24(21(16)14-27)28-22(31)15-33-26(32)23-18(3)34-25(29-23)19-10-6-4-7-11-19/h4-13H,15H2,1-3H3,(H,28,31). The molecule has 0 unspecified atom stereocenters. The van der Waals surface area contributed by atoms with Gasteiger partial charge in [0.1, 0.15) is 17.6 Å². The van der Waals surface area contributed by atoms with E-state index in [9.17, 15) is 14.9 Å². The van der Waals surface area contributed by atoms with Crippen LogP contribution in [0.4, 0.5) is 5.82 Å². The number of hydrogen-bond donors (Lipinski definition) is 1. The number of nitriles is 1. The van der Waals surface area contributed by atoms with Crippen LogP contribution in [0.5, 0.6) is 0 Å². The van der Waals surface area contributed by atoms with E-state index in [4.69, 9.17) is 9.15 Å². The highest BCUT2D eigenvalue weighted by molar-refractivity contribution is 5.96. The Morgan fingerprint density at radius 2 is 1.71 bits per heavy atom. The Balaban J connectivity index is 1.50. The summed E-state index contributed by atoms with van der Waals surface area (Å²) in [4.78, 5) is 29.4. The lowest BCUT2D eigenvalue weighted by molar-refractivity contribution is -0.119. The van der Waals surface area contributed by atoms with Crippen LogP contribution in [0.1, 0.15) is 33.1 Å². The fraction of sp³-hybridized carbons (Fsp3) is 0.154. The van der Waals surface area contributed by atoms with Crippen molar-refractivity contribution >= 4 is 17.7 Å². The van der Waals surface area contributed by atoms with Gasteiger partial charge in [-0.05, 0) is 50.6 Å². The summed E-state index contributed by atoms with van der Waals surface area (Å²) < 4.78 is 12.6. The van der Waals surface area contributed by atoms with Crippen LogP contribution in [0.15, 0.2) is 65.1 Å². The van der Waals surface area contributed by atoms with Crippen LogP contribution in [-0.4, -0.2) is 28.0 Å². The second-order valence-electron chi connectivity index (χ2n) is 7.63. The molecule has 0 bridgehead atoms. The third kappa shape index (κ3) is 4.32. The molecule has 4 rings (SSSR count). The van der Waals surface area contributed by atoms with Crippen LogP contribution < -0.4 is 5.32 Å². The Morgan fingerprint density at radius 1 is 1.06 bits per heavy atom. The number of esters is 1. The van der Waals surface area contributed by atoms with E-state index >= 15 is 0 Å². The summed E-state index contributed by atoms with van der Waals surface area (Å²) in [5.41, 5.74) is 3.44. The Kier molecular flexibility index (Phi) is 6.28. The number of hydrogen-bond acceptors (Lipinski definition) is 6. The summed E-state index contributed by atoms with van der Waals surface area (Å²) in [6, 6.07) is 20.7. The first kappa shape index (κ1) is 22.6. The van der Waals surface area contributed by atoms with Gasteiger partial charge in [-0.3, -0.25) is 9.36 Å². The third-order valence-corrected chi connectivity index (χ3v) is 5.44. The van der Waals surface area contributed by atoms with Gasteiger partial charge in [-0.25, -0.2) is 9.78 Å². The zero-order valence-corrected chi connectivity index (χ0v) is 19.0. The molecule has 0 saturated carbocycles. The van der Waals surface area contributed by atoms with Crippen molar-refractivity contribution in [2.24, 2.45) is 0 Å². The lowest BCUT2D eigenvalue weighted by Crippen LogP contribution is -2.23. The molecular weight excluding hydrogens is 432 g/mol. The number of nitrogens with zero attached hydrogens (tertiary/aromatic N) is 3. The number of oxazole rings is 1. The average molecular weight is 454 g/mol. The molecule has 0 aliphatic heterocycles. The fourth-order valence-corrected chi connectivity index (χ4v) is 3.62. The summed E-state index contributed by atoms with van der Waals surface area (Å²) in [5.74, 6) is -0.442. The largest absolute Gasteiger partial charge is 0.451 e. The molecule has 4 aromatic rings. The highest BCUT2D eigenvalue weighted by atomic mass is 16.5.